The highest BCUT2D eigenvalue weighted by Crippen LogP contribution is 2.26. The smallest absolute Gasteiger partial charge is 0.200 e. The van der Waals surface area contributed by atoms with E-state index in [2.05, 4.69) is 4.90 Å². The summed E-state index contributed by atoms with van der Waals surface area (Å²) >= 11 is 0. The van der Waals surface area contributed by atoms with Crippen LogP contribution in [-0.4, -0.2) is 13.1 Å². The van der Waals surface area contributed by atoms with Crippen LogP contribution in [-0.2, 0) is 0 Å². The van der Waals surface area contributed by atoms with Crippen LogP contribution in [0.2, 0.25) is 0 Å². The summed E-state index contributed by atoms with van der Waals surface area (Å²) in [6.07, 6.45) is 2.35. The number of hydrogen-bond acceptors (Lipinski definition) is 3. The molecule has 0 N–H and O–H groups in total. The van der Waals surface area contributed by atoms with Gasteiger partial charge in [-0.15, -0.1) is 0 Å². The van der Waals surface area contributed by atoms with Gasteiger partial charge in [0.05, 0.1) is 10.8 Å². The number of para-hydroxylation sites is 1. The first-order valence-corrected chi connectivity index (χ1v) is 7.14. The molecule has 21 heavy (non-hydrogen) atoms. The second-order valence-electron chi connectivity index (χ2n) is 5.42. The van der Waals surface area contributed by atoms with E-state index in [0.717, 1.165) is 18.8 Å². The van der Waals surface area contributed by atoms with Crippen molar-refractivity contribution >= 4 is 27.6 Å². The lowest BCUT2D eigenvalue weighted by molar-refractivity contribution is 0.579. The molecule has 3 nitrogen and oxygen atoms in total. The van der Waals surface area contributed by atoms with Gasteiger partial charge in [-0.3, -0.25) is 4.79 Å². The Morgan fingerprint density at radius 2 is 1.86 bits per heavy atom. The van der Waals surface area contributed by atoms with Crippen molar-refractivity contribution in [2.24, 2.45) is 0 Å². The standard InChI is InChI=1S/C17H14FNO2/c18-14-5-3-4-13-16(20)12-7-6-11(19-8-1-2-9-19)10-15(12)21-17(13)14/h3-7,10H,1-2,8-9H2. The van der Waals surface area contributed by atoms with Crippen LogP contribution in [0.15, 0.2) is 45.6 Å². The molecule has 1 fully saturated rings. The highest BCUT2D eigenvalue weighted by atomic mass is 19.1. The number of hydrogen-bond donors (Lipinski definition) is 0. The molecule has 4 rings (SSSR count). The summed E-state index contributed by atoms with van der Waals surface area (Å²) in [5, 5.41) is 0.785. The van der Waals surface area contributed by atoms with E-state index in [1.54, 1.807) is 12.1 Å². The molecule has 0 unspecified atom stereocenters. The average molecular weight is 283 g/mol. The fourth-order valence-electron chi connectivity index (χ4n) is 3.00. The van der Waals surface area contributed by atoms with Crippen LogP contribution in [0.1, 0.15) is 12.8 Å². The summed E-state index contributed by atoms with van der Waals surface area (Å²) in [6.45, 7) is 2.02. The molecule has 2 heterocycles. The quantitative estimate of drug-likeness (QED) is 0.639. The van der Waals surface area contributed by atoms with Gasteiger partial charge in [0.1, 0.15) is 5.58 Å². The molecule has 2 aromatic carbocycles. The highest BCUT2D eigenvalue weighted by Gasteiger charge is 2.15. The first-order valence-electron chi connectivity index (χ1n) is 7.14. The number of anilines is 1. The van der Waals surface area contributed by atoms with Crippen LogP contribution >= 0.6 is 0 Å². The second-order valence-corrected chi connectivity index (χ2v) is 5.42. The van der Waals surface area contributed by atoms with Gasteiger partial charge in [-0.05, 0) is 37.1 Å². The van der Waals surface area contributed by atoms with Crippen molar-refractivity contribution in [2.45, 2.75) is 12.8 Å². The highest BCUT2D eigenvalue weighted by molar-refractivity contribution is 5.91. The van der Waals surface area contributed by atoms with Crippen LogP contribution < -0.4 is 10.3 Å². The normalized spacial score (nSPS) is 15.2. The Morgan fingerprint density at radius 1 is 1.05 bits per heavy atom. The van der Waals surface area contributed by atoms with Gasteiger partial charge in [-0.1, -0.05) is 6.07 Å². The maximum atomic E-state index is 13.9. The zero-order valence-corrected chi connectivity index (χ0v) is 11.4. The average Bonchev–Trinajstić information content (AvgIpc) is 3.02. The molecular weight excluding hydrogens is 269 g/mol. The summed E-state index contributed by atoms with van der Waals surface area (Å²) in [7, 11) is 0. The molecule has 1 aromatic heterocycles. The van der Waals surface area contributed by atoms with Gasteiger partial charge >= 0.3 is 0 Å². The SMILES string of the molecule is O=c1c2ccc(N3CCCC3)cc2oc2c(F)cccc12. The minimum absolute atomic E-state index is 0.0357. The maximum absolute atomic E-state index is 13.9. The van der Waals surface area contributed by atoms with E-state index in [4.69, 9.17) is 4.42 Å². The van der Waals surface area contributed by atoms with Crippen molar-refractivity contribution in [3.8, 4) is 0 Å². The van der Waals surface area contributed by atoms with Crippen LogP contribution in [0.3, 0.4) is 0 Å². The Balaban J connectivity index is 2.00. The predicted octanol–water partition coefficient (Wildman–Crippen LogP) is 3.69. The largest absolute Gasteiger partial charge is 0.453 e. The minimum Gasteiger partial charge on any atom is -0.453 e. The second kappa shape index (κ2) is 4.58. The number of nitrogens with zero attached hydrogens (tertiary/aromatic N) is 1. The molecule has 106 valence electrons. The Kier molecular flexibility index (Phi) is 2.70. The van der Waals surface area contributed by atoms with Gasteiger partial charge < -0.3 is 9.32 Å². The molecule has 0 saturated carbocycles. The zero-order chi connectivity index (χ0) is 14.4. The van der Waals surface area contributed by atoms with E-state index >= 15 is 0 Å². The van der Waals surface area contributed by atoms with Gasteiger partial charge in [-0.25, -0.2) is 4.39 Å². The van der Waals surface area contributed by atoms with Gasteiger partial charge in [0.15, 0.2) is 11.4 Å². The molecule has 1 aliphatic heterocycles. The van der Waals surface area contributed by atoms with Crippen LogP contribution in [0.25, 0.3) is 21.9 Å². The van der Waals surface area contributed by atoms with Gasteiger partial charge in [-0.2, -0.15) is 0 Å². The maximum Gasteiger partial charge on any atom is 0.200 e. The van der Waals surface area contributed by atoms with Crippen LogP contribution in [0.4, 0.5) is 10.1 Å². The lowest BCUT2D eigenvalue weighted by atomic mass is 10.1. The molecular formula is C17H14FNO2. The third-order valence-electron chi connectivity index (χ3n) is 4.10. The van der Waals surface area contributed by atoms with Crippen molar-refractivity contribution in [3.05, 3.63) is 52.4 Å². The van der Waals surface area contributed by atoms with Crippen molar-refractivity contribution in [3.63, 3.8) is 0 Å². The molecule has 1 saturated heterocycles. The van der Waals surface area contributed by atoms with Crippen LogP contribution in [0.5, 0.6) is 0 Å². The molecule has 4 heteroatoms. The molecule has 0 aliphatic carbocycles. The van der Waals surface area contributed by atoms with Crippen molar-refractivity contribution in [1.29, 1.82) is 0 Å². The topological polar surface area (TPSA) is 33.5 Å². The summed E-state index contributed by atoms with van der Waals surface area (Å²) in [5.74, 6) is -0.502. The fraction of sp³-hybridized carbons (Fsp3) is 0.235. The summed E-state index contributed by atoms with van der Waals surface area (Å²) in [4.78, 5) is 14.7. The first kappa shape index (κ1) is 12.4. The summed E-state index contributed by atoms with van der Waals surface area (Å²) < 4.78 is 19.5. The molecule has 0 bridgehead atoms. The van der Waals surface area contributed by atoms with Crippen molar-refractivity contribution in [1.82, 2.24) is 0 Å². The summed E-state index contributed by atoms with van der Waals surface area (Å²) in [6, 6.07) is 9.99. The first-order chi connectivity index (χ1) is 10.2. The molecule has 3 aromatic rings. The molecule has 1 aliphatic rings. The fourth-order valence-corrected chi connectivity index (χ4v) is 3.00. The molecule has 0 amide bonds. The zero-order valence-electron chi connectivity index (χ0n) is 11.4. The van der Waals surface area contributed by atoms with Crippen molar-refractivity contribution in [2.75, 3.05) is 18.0 Å². The van der Waals surface area contributed by atoms with Gasteiger partial charge in [0, 0.05) is 24.8 Å². The number of benzene rings is 2. The number of fused-ring (bicyclic) bond motifs is 2. The third kappa shape index (κ3) is 1.90. The monoisotopic (exact) mass is 283 g/mol. The van der Waals surface area contributed by atoms with E-state index < -0.39 is 5.82 Å². The van der Waals surface area contributed by atoms with E-state index in [1.807, 2.05) is 12.1 Å². The van der Waals surface area contributed by atoms with Gasteiger partial charge in [0.2, 0.25) is 5.43 Å². The van der Waals surface area contributed by atoms with E-state index in [1.165, 1.54) is 25.0 Å². The minimum atomic E-state index is -0.502. The molecule has 0 spiro atoms. The van der Waals surface area contributed by atoms with E-state index in [9.17, 15) is 9.18 Å². The van der Waals surface area contributed by atoms with E-state index in [-0.39, 0.29) is 16.4 Å². The number of halogens is 1. The Labute approximate surface area is 120 Å². The molecule has 0 radical (unpaired) electrons. The third-order valence-corrected chi connectivity index (χ3v) is 4.10. The lowest BCUT2D eigenvalue weighted by Gasteiger charge is -2.17. The van der Waals surface area contributed by atoms with E-state index in [0.29, 0.717) is 11.0 Å². The Bertz CT molecular complexity index is 894. The Morgan fingerprint density at radius 3 is 2.67 bits per heavy atom. The van der Waals surface area contributed by atoms with Gasteiger partial charge in [0.25, 0.3) is 0 Å². The number of rotatable bonds is 1. The molecule has 0 atom stereocenters. The Hall–Kier alpha value is -2.36. The predicted molar refractivity (Wildman–Crippen MR) is 81.4 cm³/mol. The van der Waals surface area contributed by atoms with Crippen LogP contribution in [0, 0.1) is 5.82 Å². The summed E-state index contributed by atoms with van der Waals surface area (Å²) in [5.41, 5.74) is 1.33. The van der Waals surface area contributed by atoms with Crippen molar-refractivity contribution < 1.29 is 8.81 Å². The lowest BCUT2D eigenvalue weighted by Crippen LogP contribution is -2.17.